The minimum atomic E-state index is -0.359. The Morgan fingerprint density at radius 1 is 1.23 bits per heavy atom. The van der Waals surface area contributed by atoms with Crippen LogP contribution in [-0.2, 0) is 11.2 Å². The summed E-state index contributed by atoms with van der Waals surface area (Å²) in [5.74, 6) is 0.592. The molecule has 0 radical (unpaired) electrons. The van der Waals surface area contributed by atoms with Crippen LogP contribution in [0.1, 0.15) is 35.2 Å². The van der Waals surface area contributed by atoms with Crippen molar-refractivity contribution < 1.29 is 23.8 Å². The molecule has 2 aliphatic rings. The minimum absolute atomic E-state index is 0.000338. The maximum Gasteiger partial charge on any atom is 0.257 e. The summed E-state index contributed by atoms with van der Waals surface area (Å²) in [6, 6.07) is 8.97. The van der Waals surface area contributed by atoms with Gasteiger partial charge in [0.05, 0.1) is 38.0 Å². The summed E-state index contributed by atoms with van der Waals surface area (Å²) in [5, 5.41) is 10.3. The zero-order valence-corrected chi connectivity index (χ0v) is 17.3. The van der Waals surface area contributed by atoms with Gasteiger partial charge in [-0.05, 0) is 31.4 Å². The van der Waals surface area contributed by atoms with E-state index in [0.29, 0.717) is 37.4 Å². The van der Waals surface area contributed by atoms with Gasteiger partial charge >= 0.3 is 0 Å². The Hall–Kier alpha value is -2.80. The van der Waals surface area contributed by atoms with Crippen LogP contribution in [0.5, 0.6) is 5.75 Å². The summed E-state index contributed by atoms with van der Waals surface area (Å²) in [7, 11) is 1.60. The number of aliphatic hydroxyl groups excluding tert-OH is 1. The van der Waals surface area contributed by atoms with Gasteiger partial charge in [0.25, 0.3) is 5.91 Å². The van der Waals surface area contributed by atoms with Crippen molar-refractivity contribution in [1.29, 1.82) is 0 Å². The maximum absolute atomic E-state index is 13.3. The lowest BCUT2D eigenvalue weighted by atomic mass is 9.68. The van der Waals surface area contributed by atoms with Crippen LogP contribution in [-0.4, -0.2) is 66.1 Å². The molecule has 0 aliphatic carbocycles. The van der Waals surface area contributed by atoms with Crippen LogP contribution in [0.2, 0.25) is 0 Å². The first-order valence-electron chi connectivity index (χ1n) is 10.4. The summed E-state index contributed by atoms with van der Waals surface area (Å²) in [5.41, 5.74) is 0.989. The van der Waals surface area contributed by atoms with Crippen molar-refractivity contribution in [3.63, 3.8) is 0 Å². The van der Waals surface area contributed by atoms with E-state index in [4.69, 9.17) is 9.15 Å². The highest BCUT2D eigenvalue weighted by Crippen LogP contribution is 2.42. The molecule has 2 saturated heterocycles. The minimum Gasteiger partial charge on any atom is -0.496 e. The molecule has 2 amide bonds. The molecule has 0 spiro atoms. The fraction of sp³-hybridized carbons (Fsp3) is 0.478. The number of para-hydroxylation sites is 1. The number of carbonyl (C=O) groups is 2. The molecule has 1 aromatic carbocycles. The van der Waals surface area contributed by atoms with Crippen LogP contribution in [0.15, 0.2) is 47.3 Å². The Kier molecular flexibility index (Phi) is 5.81. The number of hydrogen-bond donors (Lipinski definition) is 1. The molecule has 7 nitrogen and oxygen atoms in total. The number of piperidine rings is 2. The van der Waals surface area contributed by atoms with E-state index >= 15 is 0 Å². The van der Waals surface area contributed by atoms with Crippen molar-refractivity contribution in [3.8, 4) is 5.75 Å². The van der Waals surface area contributed by atoms with Gasteiger partial charge in [0.15, 0.2) is 0 Å². The van der Waals surface area contributed by atoms with E-state index in [1.54, 1.807) is 18.1 Å². The number of amides is 2. The van der Waals surface area contributed by atoms with E-state index in [-0.39, 0.29) is 36.3 Å². The Bertz CT molecular complexity index is 897. The summed E-state index contributed by atoms with van der Waals surface area (Å²) in [6.45, 7) is 1.63. The number of fused-ring (bicyclic) bond motifs is 1. The van der Waals surface area contributed by atoms with Crippen molar-refractivity contribution in [3.05, 3.63) is 54.0 Å². The summed E-state index contributed by atoms with van der Waals surface area (Å²) in [4.78, 5) is 29.8. The molecule has 2 fully saturated rings. The number of benzene rings is 1. The van der Waals surface area contributed by atoms with Crippen molar-refractivity contribution >= 4 is 11.8 Å². The Morgan fingerprint density at radius 2 is 2.07 bits per heavy atom. The van der Waals surface area contributed by atoms with Gasteiger partial charge in [-0.3, -0.25) is 9.59 Å². The standard InChI is InChI=1S/C23H28N2O5/c1-29-19-6-3-2-5-17(19)13-21(27)25-10-4-8-23(16-26)9-11-24(14-20(23)25)22(28)18-7-12-30-15-18/h2-3,5-7,12,15,20,26H,4,8-11,13-14,16H2,1H3/t20-,23-/m0/s1. The van der Waals surface area contributed by atoms with Gasteiger partial charge < -0.3 is 24.1 Å². The Labute approximate surface area is 176 Å². The molecule has 4 rings (SSSR count). The SMILES string of the molecule is COc1ccccc1CC(=O)N1CCC[C@@]2(CO)CCN(C(=O)c3ccoc3)C[C@H]12. The van der Waals surface area contributed by atoms with Gasteiger partial charge in [0.1, 0.15) is 12.0 Å². The first-order chi connectivity index (χ1) is 14.6. The number of hydrogen-bond acceptors (Lipinski definition) is 5. The molecule has 30 heavy (non-hydrogen) atoms. The molecule has 0 unspecified atom stereocenters. The van der Waals surface area contributed by atoms with E-state index in [9.17, 15) is 14.7 Å². The third kappa shape index (κ3) is 3.69. The molecule has 2 atom stereocenters. The average molecular weight is 412 g/mol. The molecule has 1 N–H and O–H groups in total. The van der Waals surface area contributed by atoms with Crippen LogP contribution in [0.3, 0.4) is 0 Å². The van der Waals surface area contributed by atoms with Crippen molar-refractivity contribution in [2.75, 3.05) is 33.4 Å². The second-order valence-electron chi connectivity index (χ2n) is 8.23. The number of rotatable bonds is 5. The number of methoxy groups -OCH3 is 1. The summed E-state index contributed by atoms with van der Waals surface area (Å²) in [6.07, 6.45) is 5.55. The molecule has 0 saturated carbocycles. The Balaban J connectivity index is 1.56. The van der Waals surface area contributed by atoms with Crippen LogP contribution in [0, 0.1) is 5.41 Å². The highest BCUT2D eigenvalue weighted by atomic mass is 16.5. The second-order valence-corrected chi connectivity index (χ2v) is 8.23. The maximum atomic E-state index is 13.3. The molecule has 3 heterocycles. The molecule has 1 aromatic heterocycles. The monoisotopic (exact) mass is 412 g/mol. The molecule has 2 aliphatic heterocycles. The molecule has 2 aromatic rings. The van der Waals surface area contributed by atoms with E-state index in [2.05, 4.69) is 0 Å². The number of carbonyl (C=O) groups excluding carboxylic acids is 2. The van der Waals surface area contributed by atoms with Gasteiger partial charge in [-0.2, -0.15) is 0 Å². The van der Waals surface area contributed by atoms with E-state index < -0.39 is 0 Å². The third-order valence-corrected chi connectivity index (χ3v) is 6.65. The van der Waals surface area contributed by atoms with Gasteiger partial charge in [0.2, 0.25) is 5.91 Å². The third-order valence-electron chi connectivity index (χ3n) is 6.65. The number of nitrogens with zero attached hydrogens (tertiary/aromatic N) is 2. The topological polar surface area (TPSA) is 83.2 Å². The average Bonchev–Trinajstić information content (AvgIpc) is 3.33. The van der Waals surface area contributed by atoms with Gasteiger partial charge in [-0.25, -0.2) is 0 Å². The van der Waals surface area contributed by atoms with E-state index in [0.717, 1.165) is 18.4 Å². The van der Waals surface area contributed by atoms with Crippen LogP contribution >= 0.6 is 0 Å². The fourth-order valence-corrected chi connectivity index (χ4v) is 4.92. The molecule has 0 bridgehead atoms. The number of aliphatic hydroxyl groups is 1. The molecular weight excluding hydrogens is 384 g/mol. The van der Waals surface area contributed by atoms with Crippen molar-refractivity contribution in [2.45, 2.75) is 31.7 Å². The van der Waals surface area contributed by atoms with Gasteiger partial charge in [-0.15, -0.1) is 0 Å². The quantitative estimate of drug-likeness (QED) is 0.815. The first-order valence-corrected chi connectivity index (χ1v) is 10.4. The van der Waals surface area contributed by atoms with Crippen LogP contribution < -0.4 is 4.74 Å². The summed E-state index contributed by atoms with van der Waals surface area (Å²) >= 11 is 0. The normalized spacial score (nSPS) is 23.7. The lowest BCUT2D eigenvalue weighted by Gasteiger charge is -2.54. The smallest absolute Gasteiger partial charge is 0.257 e. The predicted octanol–water partition coefficient (Wildman–Crippen LogP) is 2.35. The molecule has 7 heteroatoms. The summed E-state index contributed by atoms with van der Waals surface area (Å²) < 4.78 is 10.5. The molecule has 160 valence electrons. The number of ether oxygens (including phenoxy) is 1. The largest absolute Gasteiger partial charge is 0.496 e. The molecular formula is C23H28N2O5. The van der Waals surface area contributed by atoms with Crippen molar-refractivity contribution in [2.24, 2.45) is 5.41 Å². The van der Waals surface area contributed by atoms with Crippen LogP contribution in [0.4, 0.5) is 0 Å². The van der Waals surface area contributed by atoms with Gasteiger partial charge in [0, 0.05) is 30.6 Å². The highest BCUT2D eigenvalue weighted by Gasteiger charge is 2.49. The highest BCUT2D eigenvalue weighted by molar-refractivity contribution is 5.94. The number of furan rings is 1. The second kappa shape index (κ2) is 8.52. The number of likely N-dealkylation sites (tertiary alicyclic amines) is 2. The predicted molar refractivity (Wildman–Crippen MR) is 110 cm³/mol. The Morgan fingerprint density at radius 3 is 2.80 bits per heavy atom. The van der Waals surface area contributed by atoms with E-state index in [1.807, 2.05) is 29.2 Å². The van der Waals surface area contributed by atoms with Crippen LogP contribution in [0.25, 0.3) is 0 Å². The zero-order chi connectivity index (χ0) is 21.1. The zero-order valence-electron chi connectivity index (χ0n) is 17.3. The fourth-order valence-electron chi connectivity index (χ4n) is 4.92. The first kappa shape index (κ1) is 20.5. The van der Waals surface area contributed by atoms with E-state index in [1.165, 1.54) is 12.5 Å². The lowest BCUT2D eigenvalue weighted by Crippen LogP contribution is -2.64. The van der Waals surface area contributed by atoms with Gasteiger partial charge in [-0.1, -0.05) is 18.2 Å². The van der Waals surface area contributed by atoms with Crippen molar-refractivity contribution in [1.82, 2.24) is 9.80 Å². The lowest BCUT2D eigenvalue weighted by molar-refractivity contribution is -0.145.